The lowest BCUT2D eigenvalue weighted by Crippen LogP contribution is -2.35. The van der Waals surface area contributed by atoms with E-state index in [1.165, 1.54) is 0 Å². The third-order valence-corrected chi connectivity index (χ3v) is 4.32. The molecule has 23 heavy (non-hydrogen) atoms. The van der Waals surface area contributed by atoms with E-state index in [9.17, 15) is 9.59 Å². The Morgan fingerprint density at radius 3 is 2.26 bits per heavy atom. The normalized spacial score (nSPS) is 14.9. The second kappa shape index (κ2) is 6.05. The van der Waals surface area contributed by atoms with Gasteiger partial charge in [-0.05, 0) is 55.7 Å². The fourth-order valence-electron chi connectivity index (χ4n) is 2.46. The van der Waals surface area contributed by atoms with Gasteiger partial charge >= 0.3 is 0 Å². The van der Waals surface area contributed by atoms with Crippen molar-refractivity contribution in [2.45, 2.75) is 19.8 Å². The minimum absolute atomic E-state index is 0.257. The van der Waals surface area contributed by atoms with Crippen LogP contribution in [0.1, 0.15) is 18.4 Å². The van der Waals surface area contributed by atoms with Crippen molar-refractivity contribution in [3.63, 3.8) is 0 Å². The molecular formula is C18H17ClN2O2. The molecule has 0 heterocycles. The van der Waals surface area contributed by atoms with Crippen molar-refractivity contribution in [2.24, 2.45) is 5.41 Å². The summed E-state index contributed by atoms with van der Waals surface area (Å²) in [6.07, 6.45) is 1.12. The molecule has 0 unspecified atom stereocenters. The van der Waals surface area contributed by atoms with E-state index in [2.05, 4.69) is 10.6 Å². The Kier molecular flexibility index (Phi) is 4.09. The van der Waals surface area contributed by atoms with Crippen LogP contribution >= 0.6 is 11.6 Å². The molecule has 1 aliphatic rings. The summed E-state index contributed by atoms with van der Waals surface area (Å²) >= 11 is 5.92. The maximum absolute atomic E-state index is 12.6. The van der Waals surface area contributed by atoms with Crippen molar-refractivity contribution in [3.8, 4) is 0 Å². The second-order valence-corrected chi connectivity index (χ2v) is 6.25. The summed E-state index contributed by atoms with van der Waals surface area (Å²) in [6, 6.07) is 14.4. The summed E-state index contributed by atoms with van der Waals surface area (Å²) in [4.78, 5) is 25.0. The summed E-state index contributed by atoms with van der Waals surface area (Å²) in [7, 11) is 0. The maximum Gasteiger partial charge on any atom is 0.240 e. The van der Waals surface area contributed by atoms with Gasteiger partial charge in [-0.15, -0.1) is 0 Å². The van der Waals surface area contributed by atoms with Crippen LogP contribution in [0, 0.1) is 12.3 Å². The maximum atomic E-state index is 12.6. The van der Waals surface area contributed by atoms with Gasteiger partial charge in [0.1, 0.15) is 5.41 Å². The highest BCUT2D eigenvalue weighted by Gasteiger charge is 2.56. The highest BCUT2D eigenvalue weighted by atomic mass is 35.5. The third kappa shape index (κ3) is 3.22. The number of carbonyl (C=O) groups excluding carboxylic acids is 2. The summed E-state index contributed by atoms with van der Waals surface area (Å²) in [5.41, 5.74) is 1.27. The van der Waals surface area contributed by atoms with Crippen LogP contribution in [0.2, 0.25) is 5.02 Å². The fraction of sp³-hybridized carbons (Fsp3) is 0.222. The number of anilines is 2. The second-order valence-electron chi connectivity index (χ2n) is 5.82. The van der Waals surface area contributed by atoms with E-state index in [-0.39, 0.29) is 11.8 Å². The Bertz CT molecular complexity index is 755. The zero-order valence-corrected chi connectivity index (χ0v) is 13.5. The zero-order valence-electron chi connectivity index (χ0n) is 12.7. The molecule has 1 fully saturated rings. The molecule has 4 nitrogen and oxygen atoms in total. The lowest BCUT2D eigenvalue weighted by atomic mass is 10.0. The van der Waals surface area contributed by atoms with E-state index in [1.807, 2.05) is 25.1 Å². The molecule has 118 valence electrons. The largest absolute Gasteiger partial charge is 0.325 e. The predicted molar refractivity (Wildman–Crippen MR) is 91.6 cm³/mol. The number of hydrogen-bond donors (Lipinski definition) is 2. The van der Waals surface area contributed by atoms with E-state index >= 15 is 0 Å². The highest BCUT2D eigenvalue weighted by molar-refractivity contribution is 6.30. The number of amides is 2. The molecule has 0 aliphatic heterocycles. The molecule has 1 aliphatic carbocycles. The molecule has 0 spiro atoms. The average molecular weight is 329 g/mol. The number of halogens is 1. The van der Waals surface area contributed by atoms with E-state index < -0.39 is 5.41 Å². The molecule has 0 aromatic heterocycles. The molecule has 2 aromatic rings. The van der Waals surface area contributed by atoms with Gasteiger partial charge in [-0.3, -0.25) is 9.59 Å². The molecule has 5 heteroatoms. The van der Waals surface area contributed by atoms with Gasteiger partial charge in [-0.2, -0.15) is 0 Å². The first kappa shape index (κ1) is 15.6. The molecule has 2 amide bonds. The topological polar surface area (TPSA) is 58.2 Å². The van der Waals surface area contributed by atoms with E-state index in [1.54, 1.807) is 30.3 Å². The molecule has 3 rings (SSSR count). The van der Waals surface area contributed by atoms with Crippen LogP contribution in [-0.4, -0.2) is 11.8 Å². The third-order valence-electron chi connectivity index (χ3n) is 4.09. The molecular weight excluding hydrogens is 312 g/mol. The summed E-state index contributed by atoms with van der Waals surface area (Å²) in [6.45, 7) is 1.87. The molecule has 0 bridgehead atoms. The molecule has 1 saturated carbocycles. The van der Waals surface area contributed by atoms with Crippen LogP contribution in [0.15, 0.2) is 48.5 Å². The van der Waals surface area contributed by atoms with Gasteiger partial charge in [0.05, 0.1) is 0 Å². The summed E-state index contributed by atoms with van der Waals surface area (Å²) in [5.74, 6) is -0.524. The van der Waals surface area contributed by atoms with Gasteiger partial charge < -0.3 is 10.6 Å². The zero-order chi connectivity index (χ0) is 16.4. The van der Waals surface area contributed by atoms with Gasteiger partial charge in [-0.1, -0.05) is 29.8 Å². The SMILES string of the molecule is Cc1cc(Cl)ccc1NC(=O)C1(C(=O)Nc2ccccc2)CC1. The van der Waals surface area contributed by atoms with Crippen molar-refractivity contribution in [3.05, 3.63) is 59.1 Å². The van der Waals surface area contributed by atoms with Gasteiger partial charge in [0.25, 0.3) is 0 Å². The van der Waals surface area contributed by atoms with Crippen molar-refractivity contribution in [1.29, 1.82) is 0 Å². The smallest absolute Gasteiger partial charge is 0.240 e. The number of nitrogens with one attached hydrogen (secondary N) is 2. The molecule has 0 radical (unpaired) electrons. The highest BCUT2D eigenvalue weighted by Crippen LogP contribution is 2.47. The number of para-hydroxylation sites is 1. The molecule has 2 N–H and O–H groups in total. The number of benzene rings is 2. The Labute approximate surface area is 139 Å². The number of carbonyl (C=O) groups is 2. The Morgan fingerprint density at radius 2 is 1.65 bits per heavy atom. The first-order chi connectivity index (χ1) is 11.0. The van der Waals surface area contributed by atoms with E-state index in [0.29, 0.717) is 29.2 Å². The van der Waals surface area contributed by atoms with E-state index in [0.717, 1.165) is 5.56 Å². The molecule has 0 atom stereocenters. The lowest BCUT2D eigenvalue weighted by Gasteiger charge is -2.16. The Balaban J connectivity index is 1.72. The fourth-order valence-corrected chi connectivity index (χ4v) is 2.69. The molecule has 0 saturated heterocycles. The number of aryl methyl sites for hydroxylation is 1. The van der Waals surface area contributed by atoms with Crippen molar-refractivity contribution < 1.29 is 9.59 Å². The quantitative estimate of drug-likeness (QED) is 0.833. The minimum Gasteiger partial charge on any atom is -0.325 e. The summed E-state index contributed by atoms with van der Waals surface area (Å²) < 4.78 is 0. The van der Waals surface area contributed by atoms with Crippen molar-refractivity contribution >= 4 is 34.8 Å². The van der Waals surface area contributed by atoms with Crippen LogP contribution in [0.4, 0.5) is 11.4 Å². The van der Waals surface area contributed by atoms with Crippen LogP contribution in [0.5, 0.6) is 0 Å². The Morgan fingerprint density at radius 1 is 1.00 bits per heavy atom. The Hall–Kier alpha value is -2.33. The number of hydrogen-bond acceptors (Lipinski definition) is 2. The van der Waals surface area contributed by atoms with Crippen molar-refractivity contribution in [2.75, 3.05) is 10.6 Å². The van der Waals surface area contributed by atoms with Gasteiger partial charge in [0.2, 0.25) is 11.8 Å². The predicted octanol–water partition coefficient (Wildman–Crippen LogP) is 4.01. The molecule has 2 aromatic carbocycles. The summed E-state index contributed by atoms with van der Waals surface area (Å²) in [5, 5.41) is 6.28. The first-order valence-corrected chi connectivity index (χ1v) is 7.83. The van der Waals surface area contributed by atoms with Crippen LogP contribution in [0.3, 0.4) is 0 Å². The van der Waals surface area contributed by atoms with Crippen LogP contribution < -0.4 is 10.6 Å². The van der Waals surface area contributed by atoms with E-state index in [4.69, 9.17) is 11.6 Å². The van der Waals surface area contributed by atoms with Crippen LogP contribution in [0.25, 0.3) is 0 Å². The van der Waals surface area contributed by atoms with Crippen LogP contribution in [-0.2, 0) is 9.59 Å². The van der Waals surface area contributed by atoms with Gasteiger partial charge in [0.15, 0.2) is 0 Å². The van der Waals surface area contributed by atoms with Crippen molar-refractivity contribution in [1.82, 2.24) is 0 Å². The minimum atomic E-state index is -0.970. The number of rotatable bonds is 4. The first-order valence-electron chi connectivity index (χ1n) is 7.45. The van der Waals surface area contributed by atoms with Gasteiger partial charge in [-0.25, -0.2) is 0 Å². The monoisotopic (exact) mass is 328 g/mol. The average Bonchev–Trinajstić information content (AvgIpc) is 3.33. The van der Waals surface area contributed by atoms with Gasteiger partial charge in [0, 0.05) is 16.4 Å². The lowest BCUT2D eigenvalue weighted by molar-refractivity contribution is -0.131. The standard InChI is InChI=1S/C18H17ClN2O2/c1-12-11-13(19)7-8-15(12)21-17(23)18(9-10-18)16(22)20-14-5-3-2-4-6-14/h2-8,11H,9-10H2,1H3,(H,20,22)(H,21,23).